The Bertz CT molecular complexity index is 576. The number of rotatable bonds is 6. The zero-order valence-corrected chi connectivity index (χ0v) is 18.4. The monoisotopic (exact) mass is 505 g/mol. The van der Waals surface area contributed by atoms with Gasteiger partial charge in [-0.05, 0) is 13.3 Å². The third kappa shape index (κ3) is 7.95. The molecule has 0 amide bonds. The first kappa shape index (κ1) is 23.4. The van der Waals surface area contributed by atoms with Crippen LogP contribution in [0.15, 0.2) is 10.4 Å². The van der Waals surface area contributed by atoms with Crippen LogP contribution in [0.4, 0.5) is 13.2 Å². The number of alkyl halides is 3. The number of likely N-dealkylation sites (tertiary alicyclic amines) is 1. The molecule has 0 radical (unpaired) electrons. The molecule has 1 aliphatic rings. The van der Waals surface area contributed by atoms with Gasteiger partial charge < -0.3 is 10.6 Å². The zero-order chi connectivity index (χ0) is 18.4. The first-order valence-electron chi connectivity index (χ1n) is 8.55. The number of nitrogens with one attached hydrogen (secondary N) is 2. The highest BCUT2D eigenvalue weighted by Crippen LogP contribution is 2.20. The minimum absolute atomic E-state index is 0. The molecule has 5 nitrogen and oxygen atoms in total. The van der Waals surface area contributed by atoms with Crippen molar-refractivity contribution in [3.8, 4) is 0 Å². The van der Waals surface area contributed by atoms with Gasteiger partial charge in [0, 0.05) is 37.0 Å². The number of aliphatic imine (C=N–C) groups is 1. The third-order valence-corrected chi connectivity index (χ3v) is 5.02. The van der Waals surface area contributed by atoms with Crippen molar-refractivity contribution < 1.29 is 13.2 Å². The van der Waals surface area contributed by atoms with Crippen LogP contribution in [-0.4, -0.2) is 54.2 Å². The maximum absolute atomic E-state index is 12.5. The molecule has 10 heteroatoms. The Kier molecular flexibility index (Phi) is 9.59. The van der Waals surface area contributed by atoms with Crippen LogP contribution in [0.5, 0.6) is 0 Å². The van der Waals surface area contributed by atoms with Crippen LogP contribution in [0.25, 0.3) is 0 Å². The summed E-state index contributed by atoms with van der Waals surface area (Å²) in [7, 11) is 0. The Morgan fingerprint density at radius 2 is 2.19 bits per heavy atom. The van der Waals surface area contributed by atoms with Gasteiger partial charge in [0.2, 0.25) is 0 Å². The molecule has 1 aromatic heterocycles. The van der Waals surface area contributed by atoms with Crippen molar-refractivity contribution in [1.29, 1.82) is 0 Å². The summed E-state index contributed by atoms with van der Waals surface area (Å²) >= 11 is 1.63. The van der Waals surface area contributed by atoms with Gasteiger partial charge in [0.15, 0.2) is 5.96 Å². The van der Waals surface area contributed by atoms with E-state index < -0.39 is 12.7 Å². The average Bonchev–Trinajstić information content (AvgIpc) is 3.13. The summed E-state index contributed by atoms with van der Waals surface area (Å²) in [5.41, 5.74) is 0.913. The molecular weight excluding hydrogens is 478 g/mol. The largest absolute Gasteiger partial charge is 0.401 e. The molecule has 0 saturated carbocycles. The molecule has 150 valence electrons. The predicted molar refractivity (Wildman–Crippen MR) is 110 cm³/mol. The fraction of sp³-hybridized carbons (Fsp3) is 0.750. The highest BCUT2D eigenvalue weighted by atomic mass is 127. The number of guanidine groups is 1. The van der Waals surface area contributed by atoms with E-state index in [4.69, 9.17) is 0 Å². The highest BCUT2D eigenvalue weighted by Gasteiger charge is 2.34. The Morgan fingerprint density at radius 1 is 1.46 bits per heavy atom. The standard InChI is InChI=1S/C16H26F3N5S.HI/c1-4-20-15(21-7-13-9-25-14(22-13)11(2)3)23-12-5-6-24(8-12)10-16(17,18)19;/h9,11-12H,4-8,10H2,1-3H3,(H2,20,21,23);1H. The lowest BCUT2D eigenvalue weighted by Gasteiger charge is -2.19. The van der Waals surface area contributed by atoms with Crippen LogP contribution in [-0.2, 0) is 6.54 Å². The summed E-state index contributed by atoms with van der Waals surface area (Å²) < 4.78 is 37.4. The van der Waals surface area contributed by atoms with E-state index in [1.807, 2.05) is 12.3 Å². The maximum Gasteiger partial charge on any atom is 0.401 e. The fourth-order valence-electron chi connectivity index (χ4n) is 2.68. The third-order valence-electron chi connectivity index (χ3n) is 3.82. The molecule has 0 bridgehead atoms. The molecule has 1 aliphatic heterocycles. The Hall–Kier alpha value is -0.620. The van der Waals surface area contributed by atoms with Crippen LogP contribution in [0.2, 0.25) is 0 Å². The van der Waals surface area contributed by atoms with E-state index in [2.05, 4.69) is 34.5 Å². The molecule has 2 rings (SSSR count). The number of halogens is 4. The summed E-state index contributed by atoms with van der Waals surface area (Å²) in [5, 5.41) is 9.47. The van der Waals surface area contributed by atoms with Crippen molar-refractivity contribution in [2.24, 2.45) is 4.99 Å². The summed E-state index contributed by atoms with van der Waals surface area (Å²) in [5.74, 6) is 1.02. The molecule has 1 atom stereocenters. The Balaban J connectivity index is 0.00000338. The SMILES string of the molecule is CCNC(=NCc1csc(C(C)C)n1)NC1CCN(CC(F)(F)F)C1.I. The van der Waals surface area contributed by atoms with Crippen molar-refractivity contribution >= 4 is 41.3 Å². The normalized spacial score (nSPS) is 18.9. The number of hydrogen-bond acceptors (Lipinski definition) is 4. The van der Waals surface area contributed by atoms with Gasteiger partial charge in [-0.2, -0.15) is 13.2 Å². The number of thiazole rings is 1. The van der Waals surface area contributed by atoms with E-state index in [1.165, 1.54) is 4.90 Å². The minimum Gasteiger partial charge on any atom is -0.357 e. The average molecular weight is 505 g/mol. The second-order valence-electron chi connectivity index (χ2n) is 6.51. The predicted octanol–water partition coefficient (Wildman–Crippen LogP) is 3.58. The van der Waals surface area contributed by atoms with Gasteiger partial charge in [-0.25, -0.2) is 9.98 Å². The van der Waals surface area contributed by atoms with Gasteiger partial charge in [0.25, 0.3) is 0 Å². The summed E-state index contributed by atoms with van der Waals surface area (Å²) in [6, 6.07) is -0.0261. The maximum atomic E-state index is 12.5. The van der Waals surface area contributed by atoms with Crippen LogP contribution in [0.3, 0.4) is 0 Å². The smallest absolute Gasteiger partial charge is 0.357 e. The van der Waals surface area contributed by atoms with Gasteiger partial charge in [-0.3, -0.25) is 4.90 Å². The van der Waals surface area contributed by atoms with Gasteiger partial charge >= 0.3 is 6.18 Å². The molecular formula is C16H27F3IN5S. The van der Waals surface area contributed by atoms with Crippen molar-refractivity contribution in [2.75, 3.05) is 26.2 Å². The minimum atomic E-state index is -4.15. The summed E-state index contributed by atoms with van der Waals surface area (Å²) in [4.78, 5) is 10.5. The first-order chi connectivity index (χ1) is 11.8. The van der Waals surface area contributed by atoms with Crippen molar-refractivity contribution in [3.63, 3.8) is 0 Å². The van der Waals surface area contributed by atoms with Gasteiger partial charge in [0.1, 0.15) is 0 Å². The topological polar surface area (TPSA) is 52.6 Å². The number of hydrogen-bond donors (Lipinski definition) is 2. The fourth-order valence-corrected chi connectivity index (χ4v) is 3.51. The molecule has 0 spiro atoms. The van der Waals surface area contributed by atoms with Gasteiger partial charge in [-0.15, -0.1) is 35.3 Å². The molecule has 1 saturated heterocycles. The van der Waals surface area contributed by atoms with E-state index in [0.717, 1.165) is 10.7 Å². The lowest BCUT2D eigenvalue weighted by atomic mass is 10.2. The number of aromatic nitrogens is 1. The van der Waals surface area contributed by atoms with E-state index in [9.17, 15) is 13.2 Å². The van der Waals surface area contributed by atoms with Crippen LogP contribution < -0.4 is 10.6 Å². The second-order valence-corrected chi connectivity index (χ2v) is 7.40. The van der Waals surface area contributed by atoms with Crippen molar-refractivity contribution in [1.82, 2.24) is 20.5 Å². The number of nitrogens with zero attached hydrogens (tertiary/aromatic N) is 3. The first-order valence-corrected chi connectivity index (χ1v) is 9.43. The lowest BCUT2D eigenvalue weighted by Crippen LogP contribution is -2.45. The summed E-state index contributed by atoms with van der Waals surface area (Å²) in [6.07, 6.45) is -3.47. The second kappa shape index (κ2) is 10.6. The van der Waals surface area contributed by atoms with E-state index in [-0.39, 0.29) is 30.0 Å². The molecule has 2 heterocycles. The van der Waals surface area contributed by atoms with Gasteiger partial charge in [0.05, 0.1) is 23.8 Å². The lowest BCUT2D eigenvalue weighted by molar-refractivity contribution is -0.143. The molecule has 0 aliphatic carbocycles. The molecule has 26 heavy (non-hydrogen) atoms. The van der Waals surface area contributed by atoms with Crippen molar-refractivity contribution in [3.05, 3.63) is 16.1 Å². The van der Waals surface area contributed by atoms with Crippen LogP contribution in [0, 0.1) is 0 Å². The quantitative estimate of drug-likeness (QED) is 0.353. The Labute approximate surface area is 173 Å². The van der Waals surface area contributed by atoms with E-state index >= 15 is 0 Å². The molecule has 1 fully saturated rings. The van der Waals surface area contributed by atoms with Crippen LogP contribution in [0.1, 0.15) is 43.8 Å². The molecule has 2 N–H and O–H groups in total. The molecule has 1 aromatic rings. The van der Waals surface area contributed by atoms with E-state index in [1.54, 1.807) is 11.3 Å². The van der Waals surface area contributed by atoms with Crippen molar-refractivity contribution in [2.45, 2.75) is 51.9 Å². The van der Waals surface area contributed by atoms with Crippen LogP contribution >= 0.6 is 35.3 Å². The van der Waals surface area contributed by atoms with Gasteiger partial charge in [-0.1, -0.05) is 13.8 Å². The summed E-state index contributed by atoms with van der Waals surface area (Å²) in [6.45, 7) is 7.28. The molecule has 0 aromatic carbocycles. The Morgan fingerprint density at radius 3 is 2.77 bits per heavy atom. The van der Waals surface area contributed by atoms with E-state index in [0.29, 0.717) is 44.5 Å². The zero-order valence-electron chi connectivity index (χ0n) is 15.3. The molecule has 1 unspecified atom stereocenters. The highest BCUT2D eigenvalue weighted by molar-refractivity contribution is 14.0.